The van der Waals surface area contributed by atoms with Crippen LogP contribution in [0.4, 0.5) is 0 Å². The lowest BCUT2D eigenvalue weighted by Crippen LogP contribution is -1.89. The van der Waals surface area contributed by atoms with Crippen molar-refractivity contribution in [3.8, 4) is 0 Å². The van der Waals surface area contributed by atoms with Gasteiger partial charge in [0, 0.05) is 21.3 Å². The summed E-state index contributed by atoms with van der Waals surface area (Å²) in [4.78, 5) is 4.28. The lowest BCUT2D eigenvalue weighted by atomic mass is 10.1. The molecule has 0 amide bonds. The van der Waals surface area contributed by atoms with Gasteiger partial charge in [0.1, 0.15) is 0 Å². The van der Waals surface area contributed by atoms with Gasteiger partial charge in [0.05, 0.1) is 5.69 Å². The van der Waals surface area contributed by atoms with Crippen LogP contribution in [0.3, 0.4) is 0 Å². The van der Waals surface area contributed by atoms with Crippen LogP contribution in [0.2, 0.25) is 0 Å². The molecule has 78 valence electrons. The number of nitrogens with zero attached hydrogens (tertiary/aromatic N) is 1. The molecular weight excluding hydrogens is 273 g/mol. The van der Waals surface area contributed by atoms with Crippen LogP contribution >= 0.6 is 27.5 Å². The minimum atomic E-state index is 0.451. The van der Waals surface area contributed by atoms with Crippen molar-refractivity contribution in [3.05, 3.63) is 58.3 Å². The van der Waals surface area contributed by atoms with E-state index in [-0.39, 0.29) is 0 Å². The first-order valence-corrected chi connectivity index (χ1v) is 5.51. The number of hydrogen-bond acceptors (Lipinski definition) is 1. The van der Waals surface area contributed by atoms with Crippen molar-refractivity contribution in [1.29, 1.82) is 0 Å². The highest BCUT2D eigenvalue weighted by Gasteiger charge is 2.05. The smallest absolute Gasteiger partial charge is 0.0717 e. The van der Waals surface area contributed by atoms with Crippen LogP contribution in [0.5, 0.6) is 0 Å². The standard InChI is InChI=1S/C12H11BrClN/c1-8-4-5-12(15-7-8)11(10(3)14)6-9(2)13/h4-7H,2-3H2,1H3/b11-6+. The monoisotopic (exact) mass is 283 g/mol. The molecule has 0 radical (unpaired) electrons. The predicted molar refractivity (Wildman–Crippen MR) is 70.0 cm³/mol. The van der Waals surface area contributed by atoms with E-state index in [0.717, 1.165) is 21.3 Å². The maximum Gasteiger partial charge on any atom is 0.0717 e. The van der Waals surface area contributed by atoms with Crippen molar-refractivity contribution < 1.29 is 0 Å². The molecule has 0 aromatic carbocycles. The Bertz CT molecular complexity index is 418. The number of rotatable bonds is 3. The van der Waals surface area contributed by atoms with Gasteiger partial charge in [-0.1, -0.05) is 46.8 Å². The van der Waals surface area contributed by atoms with Gasteiger partial charge in [-0.3, -0.25) is 4.98 Å². The van der Waals surface area contributed by atoms with E-state index in [2.05, 4.69) is 34.1 Å². The summed E-state index contributed by atoms with van der Waals surface area (Å²) in [5.74, 6) is 0. The normalized spacial score (nSPS) is 11.3. The highest BCUT2D eigenvalue weighted by molar-refractivity contribution is 9.11. The predicted octanol–water partition coefficient (Wildman–Crippen LogP) is 4.43. The van der Waals surface area contributed by atoms with Crippen LogP contribution in [-0.4, -0.2) is 4.98 Å². The van der Waals surface area contributed by atoms with Crippen molar-refractivity contribution in [1.82, 2.24) is 4.98 Å². The van der Waals surface area contributed by atoms with E-state index in [0.29, 0.717) is 5.03 Å². The first-order valence-electron chi connectivity index (χ1n) is 4.34. The first-order chi connectivity index (χ1) is 7.00. The molecule has 0 unspecified atom stereocenters. The second-order valence-corrected chi connectivity index (χ2v) is 4.61. The zero-order chi connectivity index (χ0) is 11.4. The topological polar surface area (TPSA) is 12.9 Å². The van der Waals surface area contributed by atoms with E-state index in [4.69, 9.17) is 11.6 Å². The molecule has 15 heavy (non-hydrogen) atoms. The van der Waals surface area contributed by atoms with Crippen molar-refractivity contribution in [3.63, 3.8) is 0 Å². The summed E-state index contributed by atoms with van der Waals surface area (Å²) in [5.41, 5.74) is 2.68. The third kappa shape index (κ3) is 3.65. The molecule has 3 heteroatoms. The van der Waals surface area contributed by atoms with Gasteiger partial charge >= 0.3 is 0 Å². The Morgan fingerprint density at radius 2 is 2.13 bits per heavy atom. The summed E-state index contributed by atoms with van der Waals surface area (Å²) in [6.45, 7) is 9.42. The molecule has 0 aliphatic rings. The van der Waals surface area contributed by atoms with Gasteiger partial charge in [-0.05, 0) is 24.6 Å². The summed E-state index contributed by atoms with van der Waals surface area (Å²) in [5, 5.41) is 0.451. The fourth-order valence-corrected chi connectivity index (χ4v) is 1.46. The summed E-state index contributed by atoms with van der Waals surface area (Å²) < 4.78 is 0.738. The zero-order valence-corrected chi connectivity index (χ0v) is 10.8. The molecule has 0 aliphatic heterocycles. The number of aromatic nitrogens is 1. The van der Waals surface area contributed by atoms with E-state index in [9.17, 15) is 0 Å². The third-order valence-corrected chi connectivity index (χ3v) is 2.21. The van der Waals surface area contributed by atoms with E-state index in [1.165, 1.54) is 0 Å². The number of aryl methyl sites for hydroxylation is 1. The Morgan fingerprint density at radius 1 is 1.47 bits per heavy atom. The molecule has 0 saturated heterocycles. The number of halogens is 2. The van der Waals surface area contributed by atoms with Crippen LogP contribution in [-0.2, 0) is 0 Å². The SMILES string of the molecule is C=C(Br)/C=C(\C(=C)Cl)c1ccc(C)cn1. The molecule has 0 N–H and O–H groups in total. The number of pyridine rings is 1. The molecule has 1 rings (SSSR count). The lowest BCUT2D eigenvalue weighted by Gasteiger charge is -2.04. The van der Waals surface area contributed by atoms with Gasteiger partial charge in [0.2, 0.25) is 0 Å². The maximum atomic E-state index is 5.90. The quantitative estimate of drug-likeness (QED) is 0.748. The molecule has 0 atom stereocenters. The highest BCUT2D eigenvalue weighted by atomic mass is 79.9. The van der Waals surface area contributed by atoms with Crippen LogP contribution in [0.15, 0.2) is 47.1 Å². The summed E-state index contributed by atoms with van der Waals surface area (Å²) in [6, 6.07) is 3.89. The van der Waals surface area contributed by atoms with Gasteiger partial charge in [0.25, 0.3) is 0 Å². The van der Waals surface area contributed by atoms with Crippen molar-refractivity contribution in [2.75, 3.05) is 0 Å². The summed E-state index contributed by atoms with van der Waals surface area (Å²) in [6.07, 6.45) is 3.59. The molecule has 1 heterocycles. The molecular formula is C12H11BrClN. The maximum absolute atomic E-state index is 5.90. The van der Waals surface area contributed by atoms with E-state index in [1.807, 2.05) is 19.1 Å². The van der Waals surface area contributed by atoms with Crippen molar-refractivity contribution in [2.24, 2.45) is 0 Å². The molecule has 1 aromatic heterocycles. The molecule has 0 spiro atoms. The second-order valence-electron chi connectivity index (χ2n) is 3.13. The molecule has 0 bridgehead atoms. The van der Waals surface area contributed by atoms with E-state index in [1.54, 1.807) is 12.3 Å². The molecule has 0 saturated carbocycles. The van der Waals surface area contributed by atoms with Gasteiger partial charge in [-0.2, -0.15) is 0 Å². The first kappa shape index (κ1) is 12.2. The fraction of sp³-hybridized carbons (Fsp3) is 0.0833. The molecule has 1 aromatic rings. The van der Waals surface area contributed by atoms with Gasteiger partial charge in [-0.15, -0.1) is 0 Å². The summed E-state index contributed by atoms with van der Waals surface area (Å²) >= 11 is 9.15. The molecule has 1 nitrogen and oxygen atoms in total. The van der Waals surface area contributed by atoms with Crippen LogP contribution < -0.4 is 0 Å². The van der Waals surface area contributed by atoms with Crippen LogP contribution in [0, 0.1) is 6.92 Å². The minimum absolute atomic E-state index is 0.451. The minimum Gasteiger partial charge on any atom is -0.256 e. The van der Waals surface area contributed by atoms with Crippen LogP contribution in [0.1, 0.15) is 11.3 Å². The van der Waals surface area contributed by atoms with Crippen LogP contribution in [0.25, 0.3) is 5.57 Å². The average Bonchev–Trinajstić information content (AvgIpc) is 2.15. The highest BCUT2D eigenvalue weighted by Crippen LogP contribution is 2.25. The Hall–Kier alpha value is -0.860. The van der Waals surface area contributed by atoms with Crippen molar-refractivity contribution in [2.45, 2.75) is 6.92 Å². The second kappa shape index (κ2) is 5.29. The lowest BCUT2D eigenvalue weighted by molar-refractivity contribution is 1.23. The average molecular weight is 285 g/mol. The largest absolute Gasteiger partial charge is 0.256 e. The zero-order valence-electron chi connectivity index (χ0n) is 8.43. The van der Waals surface area contributed by atoms with Crippen molar-refractivity contribution >= 4 is 33.1 Å². The number of hydrogen-bond donors (Lipinski definition) is 0. The van der Waals surface area contributed by atoms with Gasteiger partial charge < -0.3 is 0 Å². The summed E-state index contributed by atoms with van der Waals surface area (Å²) in [7, 11) is 0. The van der Waals surface area contributed by atoms with E-state index < -0.39 is 0 Å². The van der Waals surface area contributed by atoms with E-state index >= 15 is 0 Å². The Balaban J connectivity index is 3.16. The molecule has 0 aliphatic carbocycles. The Labute approximate surface area is 103 Å². The Kier molecular flexibility index (Phi) is 4.30. The Morgan fingerprint density at radius 3 is 2.53 bits per heavy atom. The van der Waals surface area contributed by atoms with Gasteiger partial charge in [0.15, 0.2) is 0 Å². The third-order valence-electron chi connectivity index (χ3n) is 1.78. The van der Waals surface area contributed by atoms with Gasteiger partial charge in [-0.25, -0.2) is 0 Å². The molecule has 0 fully saturated rings. The number of allylic oxidation sites excluding steroid dienone is 4. The fourth-order valence-electron chi connectivity index (χ4n) is 1.07.